The summed E-state index contributed by atoms with van der Waals surface area (Å²) in [7, 11) is 0. The summed E-state index contributed by atoms with van der Waals surface area (Å²) in [5, 5.41) is 5.70. The third-order valence-electron chi connectivity index (χ3n) is 3.42. The maximum Gasteiger partial charge on any atom is 0.250 e. The number of thioether (sulfide) groups is 1. The zero-order chi connectivity index (χ0) is 17.8. The minimum atomic E-state index is -0.219. The number of benzene rings is 1. The number of hydrogen-bond donors (Lipinski definition) is 1. The number of furan rings is 1. The van der Waals surface area contributed by atoms with E-state index in [9.17, 15) is 4.79 Å². The van der Waals surface area contributed by atoms with Crippen molar-refractivity contribution in [2.24, 2.45) is 5.10 Å². The summed E-state index contributed by atoms with van der Waals surface area (Å²) in [6.45, 7) is 5.60. The highest BCUT2D eigenvalue weighted by Gasteiger charge is 2.08. The molecule has 1 N–H and O–H groups in total. The maximum atomic E-state index is 12.0. The van der Waals surface area contributed by atoms with Crippen LogP contribution < -0.4 is 5.43 Å². The Morgan fingerprint density at radius 3 is 2.64 bits per heavy atom. The van der Waals surface area contributed by atoms with E-state index in [-0.39, 0.29) is 11.7 Å². The summed E-state index contributed by atoms with van der Waals surface area (Å²) in [4.78, 5) is 20.6. The van der Waals surface area contributed by atoms with Gasteiger partial charge in [-0.3, -0.25) is 4.79 Å². The van der Waals surface area contributed by atoms with Crippen molar-refractivity contribution in [2.45, 2.75) is 25.9 Å². The van der Waals surface area contributed by atoms with Crippen molar-refractivity contribution >= 4 is 34.3 Å². The van der Waals surface area contributed by atoms with E-state index in [4.69, 9.17) is 4.42 Å². The predicted molar refractivity (Wildman–Crippen MR) is 98.8 cm³/mol. The van der Waals surface area contributed by atoms with E-state index in [1.807, 2.05) is 50.2 Å². The third kappa shape index (κ3) is 4.45. The molecule has 1 amide bonds. The average Bonchev–Trinajstić information content (AvgIpc) is 3.01. The van der Waals surface area contributed by atoms with Crippen LogP contribution in [-0.2, 0) is 4.79 Å². The fraction of sp³-hybridized carbons (Fsp3) is 0.222. The van der Waals surface area contributed by atoms with Gasteiger partial charge in [0.1, 0.15) is 11.3 Å². The molecule has 0 saturated carbocycles. The van der Waals surface area contributed by atoms with Gasteiger partial charge in [-0.05, 0) is 39.0 Å². The Hall–Kier alpha value is -2.67. The molecule has 0 aliphatic rings. The van der Waals surface area contributed by atoms with E-state index in [2.05, 4.69) is 20.5 Å². The Bertz CT molecular complexity index is 896. The van der Waals surface area contributed by atoms with Gasteiger partial charge >= 0.3 is 0 Å². The van der Waals surface area contributed by atoms with Crippen LogP contribution in [0.2, 0.25) is 0 Å². The molecule has 0 atom stereocenters. The number of amides is 1. The Kier molecular flexibility index (Phi) is 5.14. The van der Waals surface area contributed by atoms with Crippen LogP contribution in [0, 0.1) is 13.8 Å². The molecule has 0 bridgehead atoms. The van der Waals surface area contributed by atoms with Gasteiger partial charge < -0.3 is 4.42 Å². The molecule has 0 spiro atoms. The lowest BCUT2D eigenvalue weighted by molar-refractivity contribution is -0.118. The molecule has 6 nitrogen and oxygen atoms in total. The number of hydrogen-bond acceptors (Lipinski definition) is 6. The summed E-state index contributed by atoms with van der Waals surface area (Å²) >= 11 is 1.28. The van der Waals surface area contributed by atoms with Crippen LogP contribution in [0.25, 0.3) is 11.0 Å². The fourth-order valence-corrected chi connectivity index (χ4v) is 3.02. The van der Waals surface area contributed by atoms with E-state index >= 15 is 0 Å². The van der Waals surface area contributed by atoms with E-state index in [1.54, 1.807) is 6.92 Å². The Balaban J connectivity index is 1.59. The lowest BCUT2D eigenvalue weighted by Gasteiger charge is -2.03. The van der Waals surface area contributed by atoms with Gasteiger partial charge in [0.05, 0.1) is 5.75 Å². The molecule has 0 fully saturated rings. The van der Waals surface area contributed by atoms with E-state index < -0.39 is 0 Å². The van der Waals surface area contributed by atoms with Crippen molar-refractivity contribution in [1.29, 1.82) is 0 Å². The fourth-order valence-electron chi connectivity index (χ4n) is 2.28. The number of hydrazone groups is 1. The quantitative estimate of drug-likeness (QED) is 0.328. The molecule has 3 rings (SSSR count). The van der Waals surface area contributed by atoms with Crippen molar-refractivity contribution < 1.29 is 9.21 Å². The van der Waals surface area contributed by atoms with Gasteiger partial charge in [-0.2, -0.15) is 5.10 Å². The van der Waals surface area contributed by atoms with Crippen LogP contribution in [0.15, 0.2) is 51.1 Å². The number of aromatic nitrogens is 2. The second kappa shape index (κ2) is 7.48. The van der Waals surface area contributed by atoms with Crippen LogP contribution in [0.4, 0.5) is 0 Å². The van der Waals surface area contributed by atoms with Crippen LogP contribution in [0.5, 0.6) is 0 Å². The van der Waals surface area contributed by atoms with E-state index in [1.165, 1.54) is 11.8 Å². The van der Waals surface area contributed by atoms with Crippen molar-refractivity contribution in [1.82, 2.24) is 15.4 Å². The van der Waals surface area contributed by atoms with Crippen LogP contribution in [0.3, 0.4) is 0 Å². The van der Waals surface area contributed by atoms with Crippen molar-refractivity contribution in [3.63, 3.8) is 0 Å². The number of carbonyl (C=O) groups excluding carboxylic acids is 1. The first-order chi connectivity index (χ1) is 12.0. The second-order valence-electron chi connectivity index (χ2n) is 5.60. The number of nitrogens with zero attached hydrogens (tertiary/aromatic N) is 3. The molecular formula is C18H18N4O2S. The summed E-state index contributed by atoms with van der Waals surface area (Å²) in [6.07, 6.45) is 0. The highest BCUT2D eigenvalue weighted by atomic mass is 32.2. The average molecular weight is 354 g/mol. The number of carbonyl (C=O) groups is 1. The van der Waals surface area contributed by atoms with Crippen molar-refractivity contribution in [2.75, 3.05) is 5.75 Å². The summed E-state index contributed by atoms with van der Waals surface area (Å²) < 4.78 is 5.71. The SMILES string of the molecule is CC(=NNC(=O)CSc1nc(C)cc(C)n1)c1cc2ccccc2o1. The molecule has 3 aromatic rings. The monoisotopic (exact) mass is 354 g/mol. The summed E-state index contributed by atoms with van der Waals surface area (Å²) in [5.41, 5.74) is 5.71. The third-order valence-corrected chi connectivity index (χ3v) is 4.27. The molecule has 0 aliphatic heterocycles. The molecule has 25 heavy (non-hydrogen) atoms. The molecule has 7 heteroatoms. The smallest absolute Gasteiger partial charge is 0.250 e. The Morgan fingerprint density at radius 2 is 1.92 bits per heavy atom. The molecule has 2 heterocycles. The van der Waals surface area contributed by atoms with Gasteiger partial charge in [-0.1, -0.05) is 30.0 Å². The lowest BCUT2D eigenvalue weighted by Crippen LogP contribution is -2.21. The Morgan fingerprint density at radius 1 is 1.20 bits per heavy atom. The summed E-state index contributed by atoms with van der Waals surface area (Å²) in [5.74, 6) is 0.606. The van der Waals surface area contributed by atoms with Gasteiger partial charge in [-0.15, -0.1) is 0 Å². The first-order valence-corrected chi connectivity index (χ1v) is 8.77. The second-order valence-corrected chi connectivity index (χ2v) is 6.55. The molecule has 0 saturated heterocycles. The lowest BCUT2D eigenvalue weighted by atomic mass is 10.2. The number of rotatable bonds is 5. The molecule has 1 aromatic carbocycles. The first kappa shape index (κ1) is 17.2. The van der Waals surface area contributed by atoms with Gasteiger partial charge in [-0.25, -0.2) is 15.4 Å². The molecule has 128 valence electrons. The normalized spacial score (nSPS) is 11.7. The number of aryl methyl sites for hydroxylation is 2. The standard InChI is InChI=1S/C18H18N4O2S/c1-11-8-12(2)20-18(19-11)25-10-17(23)22-21-13(3)16-9-14-6-4-5-7-15(14)24-16/h4-9H,10H2,1-3H3,(H,22,23). The van der Waals surface area contributed by atoms with Crippen LogP contribution in [-0.4, -0.2) is 27.3 Å². The maximum absolute atomic E-state index is 12.0. The summed E-state index contributed by atoms with van der Waals surface area (Å²) in [6, 6.07) is 11.5. The van der Waals surface area contributed by atoms with Gasteiger partial charge in [0.15, 0.2) is 10.9 Å². The topological polar surface area (TPSA) is 80.4 Å². The zero-order valence-electron chi connectivity index (χ0n) is 14.2. The predicted octanol–water partition coefficient (Wildman–Crippen LogP) is 3.47. The van der Waals surface area contributed by atoms with Gasteiger partial charge in [0.25, 0.3) is 5.91 Å². The Labute approximate surface area is 149 Å². The van der Waals surface area contributed by atoms with E-state index in [0.717, 1.165) is 22.4 Å². The first-order valence-electron chi connectivity index (χ1n) is 7.78. The van der Waals surface area contributed by atoms with Crippen molar-refractivity contribution in [3.05, 3.63) is 53.5 Å². The van der Waals surface area contributed by atoms with Gasteiger partial charge in [0, 0.05) is 16.8 Å². The van der Waals surface area contributed by atoms with Gasteiger partial charge in [0.2, 0.25) is 0 Å². The zero-order valence-corrected chi connectivity index (χ0v) is 15.1. The molecule has 0 aliphatic carbocycles. The molecule has 2 aromatic heterocycles. The van der Waals surface area contributed by atoms with Crippen molar-refractivity contribution in [3.8, 4) is 0 Å². The minimum absolute atomic E-state index is 0.194. The highest BCUT2D eigenvalue weighted by Crippen LogP contribution is 2.19. The largest absolute Gasteiger partial charge is 0.455 e. The van der Waals surface area contributed by atoms with Crippen LogP contribution >= 0.6 is 11.8 Å². The molecule has 0 radical (unpaired) electrons. The number of para-hydroxylation sites is 1. The van der Waals surface area contributed by atoms with E-state index in [0.29, 0.717) is 16.6 Å². The number of fused-ring (bicyclic) bond motifs is 1. The molecular weight excluding hydrogens is 336 g/mol. The number of nitrogens with one attached hydrogen (secondary N) is 1. The van der Waals surface area contributed by atoms with Crippen LogP contribution in [0.1, 0.15) is 24.1 Å². The highest BCUT2D eigenvalue weighted by molar-refractivity contribution is 7.99. The minimum Gasteiger partial charge on any atom is -0.455 e. The molecule has 0 unspecified atom stereocenters.